The quantitative estimate of drug-likeness (QED) is 0.795. The van der Waals surface area contributed by atoms with Crippen molar-refractivity contribution in [2.45, 2.75) is 32.6 Å². The minimum atomic E-state index is -0.303. The van der Waals surface area contributed by atoms with E-state index in [4.69, 9.17) is 0 Å². The van der Waals surface area contributed by atoms with E-state index in [0.29, 0.717) is 17.3 Å². The third-order valence-corrected chi connectivity index (χ3v) is 2.59. The van der Waals surface area contributed by atoms with E-state index in [-0.39, 0.29) is 11.6 Å². The summed E-state index contributed by atoms with van der Waals surface area (Å²) in [5.41, 5.74) is 0.739. The van der Waals surface area contributed by atoms with Gasteiger partial charge in [0.05, 0.1) is 0 Å². The number of Topliss-reactive ketones (excluding diaryl/α,β-unsaturated/α-hetero) is 1. The van der Waals surface area contributed by atoms with Gasteiger partial charge in [0.25, 0.3) is 0 Å². The van der Waals surface area contributed by atoms with Gasteiger partial charge in [0.2, 0.25) is 0 Å². The molecule has 0 bridgehead atoms. The highest BCUT2D eigenvalue weighted by Gasteiger charge is 2.05. The SMILES string of the molecule is CCCCC(=O)Cc1cc(F)cc(Br)c1. The van der Waals surface area contributed by atoms with Gasteiger partial charge in [-0.15, -0.1) is 0 Å². The van der Waals surface area contributed by atoms with Crippen LogP contribution in [0.5, 0.6) is 0 Å². The fourth-order valence-corrected chi connectivity index (χ4v) is 1.92. The Morgan fingerprint density at radius 2 is 2.13 bits per heavy atom. The molecular formula is C12H14BrFO. The molecule has 0 heterocycles. The van der Waals surface area contributed by atoms with Gasteiger partial charge < -0.3 is 0 Å². The topological polar surface area (TPSA) is 17.1 Å². The molecule has 1 aromatic rings. The van der Waals surface area contributed by atoms with Crippen LogP contribution in [0.15, 0.2) is 22.7 Å². The van der Waals surface area contributed by atoms with Crippen molar-refractivity contribution in [3.05, 3.63) is 34.1 Å². The summed E-state index contributed by atoms with van der Waals surface area (Å²) in [6, 6.07) is 4.58. The zero-order valence-electron chi connectivity index (χ0n) is 8.72. The first kappa shape index (κ1) is 12.4. The van der Waals surface area contributed by atoms with E-state index in [1.54, 1.807) is 6.07 Å². The maximum absolute atomic E-state index is 13.0. The summed E-state index contributed by atoms with van der Waals surface area (Å²) in [6.07, 6.45) is 2.84. The fourth-order valence-electron chi connectivity index (χ4n) is 1.40. The highest BCUT2D eigenvalue weighted by atomic mass is 79.9. The molecule has 0 saturated heterocycles. The van der Waals surface area contributed by atoms with Crippen LogP contribution in [0.25, 0.3) is 0 Å². The van der Waals surface area contributed by atoms with E-state index in [2.05, 4.69) is 15.9 Å². The molecule has 0 spiro atoms. The second-order valence-electron chi connectivity index (χ2n) is 3.60. The Kier molecular flexibility index (Phi) is 4.95. The van der Waals surface area contributed by atoms with Gasteiger partial charge in [-0.1, -0.05) is 29.3 Å². The number of halogens is 2. The summed E-state index contributed by atoms with van der Waals surface area (Å²) in [5.74, 6) is -0.128. The third-order valence-electron chi connectivity index (χ3n) is 2.13. The molecule has 1 rings (SSSR count). The van der Waals surface area contributed by atoms with Crippen LogP contribution in [-0.4, -0.2) is 5.78 Å². The van der Waals surface area contributed by atoms with Crippen LogP contribution in [0.3, 0.4) is 0 Å². The van der Waals surface area contributed by atoms with Crippen LogP contribution in [-0.2, 0) is 11.2 Å². The molecule has 0 unspecified atom stereocenters. The predicted molar refractivity (Wildman–Crippen MR) is 62.3 cm³/mol. The maximum Gasteiger partial charge on any atom is 0.137 e. The summed E-state index contributed by atoms with van der Waals surface area (Å²) in [5, 5.41) is 0. The summed E-state index contributed by atoms with van der Waals surface area (Å²) in [4.78, 5) is 11.5. The van der Waals surface area contributed by atoms with Crippen molar-refractivity contribution < 1.29 is 9.18 Å². The Bertz CT molecular complexity index is 329. The molecule has 15 heavy (non-hydrogen) atoms. The number of hydrogen-bond donors (Lipinski definition) is 0. The molecule has 0 aliphatic carbocycles. The number of hydrogen-bond acceptors (Lipinski definition) is 1. The average Bonchev–Trinajstić information content (AvgIpc) is 2.13. The summed E-state index contributed by atoms with van der Waals surface area (Å²) < 4.78 is 13.7. The van der Waals surface area contributed by atoms with Gasteiger partial charge in [0.15, 0.2) is 0 Å². The lowest BCUT2D eigenvalue weighted by atomic mass is 10.1. The van der Waals surface area contributed by atoms with Crippen LogP contribution in [0.4, 0.5) is 4.39 Å². The second-order valence-corrected chi connectivity index (χ2v) is 4.51. The molecule has 0 amide bonds. The van der Waals surface area contributed by atoms with Gasteiger partial charge in [-0.05, 0) is 30.2 Å². The zero-order chi connectivity index (χ0) is 11.3. The molecule has 1 nitrogen and oxygen atoms in total. The lowest BCUT2D eigenvalue weighted by molar-refractivity contribution is -0.118. The lowest BCUT2D eigenvalue weighted by Gasteiger charge is -2.02. The van der Waals surface area contributed by atoms with E-state index >= 15 is 0 Å². The molecule has 0 atom stereocenters. The monoisotopic (exact) mass is 272 g/mol. The van der Waals surface area contributed by atoms with Crippen molar-refractivity contribution in [2.24, 2.45) is 0 Å². The van der Waals surface area contributed by atoms with Crippen molar-refractivity contribution in [2.75, 3.05) is 0 Å². The van der Waals surface area contributed by atoms with Gasteiger partial charge in [-0.3, -0.25) is 4.79 Å². The number of ketones is 1. The molecule has 0 radical (unpaired) electrons. The van der Waals surface area contributed by atoms with Crippen LogP contribution < -0.4 is 0 Å². The smallest absolute Gasteiger partial charge is 0.137 e. The van der Waals surface area contributed by atoms with Gasteiger partial charge in [-0.25, -0.2) is 4.39 Å². The summed E-state index contributed by atoms with van der Waals surface area (Å²) >= 11 is 3.20. The van der Waals surface area contributed by atoms with E-state index in [0.717, 1.165) is 18.4 Å². The molecule has 1 aromatic carbocycles. The van der Waals surface area contributed by atoms with E-state index < -0.39 is 0 Å². The standard InChI is InChI=1S/C12H14BrFO/c1-2-3-4-12(15)7-9-5-10(13)8-11(14)6-9/h5-6,8H,2-4,7H2,1H3. The number of rotatable bonds is 5. The van der Waals surface area contributed by atoms with Crippen molar-refractivity contribution in [1.82, 2.24) is 0 Å². The molecule has 3 heteroatoms. The number of unbranched alkanes of at least 4 members (excludes halogenated alkanes) is 1. The first-order chi connectivity index (χ1) is 7.11. The van der Waals surface area contributed by atoms with E-state index in [1.165, 1.54) is 12.1 Å². The predicted octanol–water partition coefficient (Wildman–Crippen LogP) is 3.89. The minimum Gasteiger partial charge on any atom is -0.299 e. The fraction of sp³-hybridized carbons (Fsp3) is 0.417. The van der Waals surface area contributed by atoms with Crippen LogP contribution in [0.2, 0.25) is 0 Å². The van der Waals surface area contributed by atoms with Crippen molar-refractivity contribution in [3.8, 4) is 0 Å². The second kappa shape index (κ2) is 6.01. The van der Waals surface area contributed by atoms with Crippen LogP contribution in [0, 0.1) is 5.82 Å². The minimum absolute atomic E-state index is 0.175. The first-order valence-electron chi connectivity index (χ1n) is 5.08. The molecule has 0 aliphatic heterocycles. The number of carbonyl (C=O) groups is 1. The molecule has 0 aliphatic rings. The Morgan fingerprint density at radius 3 is 2.73 bits per heavy atom. The molecular weight excluding hydrogens is 259 g/mol. The van der Waals surface area contributed by atoms with Crippen molar-refractivity contribution in [3.63, 3.8) is 0 Å². The highest BCUT2D eigenvalue weighted by molar-refractivity contribution is 9.10. The third kappa shape index (κ3) is 4.56. The summed E-state index contributed by atoms with van der Waals surface area (Å²) in [6.45, 7) is 2.05. The normalized spacial score (nSPS) is 10.3. The number of benzene rings is 1. The highest BCUT2D eigenvalue weighted by Crippen LogP contribution is 2.16. The summed E-state index contributed by atoms with van der Waals surface area (Å²) in [7, 11) is 0. The van der Waals surface area contributed by atoms with Gasteiger partial charge in [0, 0.05) is 17.3 Å². The van der Waals surface area contributed by atoms with Gasteiger partial charge >= 0.3 is 0 Å². The van der Waals surface area contributed by atoms with Gasteiger partial charge in [-0.2, -0.15) is 0 Å². The van der Waals surface area contributed by atoms with E-state index in [9.17, 15) is 9.18 Å². The molecule has 0 saturated carbocycles. The van der Waals surface area contributed by atoms with E-state index in [1.807, 2.05) is 6.92 Å². The first-order valence-corrected chi connectivity index (χ1v) is 5.87. The molecule has 0 N–H and O–H groups in total. The molecule has 82 valence electrons. The van der Waals surface area contributed by atoms with Crippen molar-refractivity contribution >= 4 is 21.7 Å². The van der Waals surface area contributed by atoms with Crippen LogP contribution >= 0.6 is 15.9 Å². The Hall–Kier alpha value is -0.700. The Morgan fingerprint density at radius 1 is 1.40 bits per heavy atom. The number of carbonyl (C=O) groups excluding carboxylic acids is 1. The lowest BCUT2D eigenvalue weighted by Crippen LogP contribution is -2.02. The maximum atomic E-state index is 13.0. The Balaban J connectivity index is 2.60. The largest absolute Gasteiger partial charge is 0.299 e. The molecule has 0 fully saturated rings. The van der Waals surface area contributed by atoms with Crippen molar-refractivity contribution in [1.29, 1.82) is 0 Å². The zero-order valence-corrected chi connectivity index (χ0v) is 10.3. The van der Waals surface area contributed by atoms with Gasteiger partial charge in [0.1, 0.15) is 11.6 Å². The van der Waals surface area contributed by atoms with Crippen LogP contribution in [0.1, 0.15) is 31.7 Å². The Labute approximate surface area is 97.8 Å². The molecule has 0 aromatic heterocycles. The average molecular weight is 273 g/mol.